The Morgan fingerprint density at radius 1 is 1.53 bits per heavy atom. The number of benzene rings is 1. The fraction of sp³-hybridized carbons (Fsp3) is 0.300. The van der Waals surface area contributed by atoms with Crippen LogP contribution in [0, 0.1) is 0 Å². The highest BCUT2D eigenvalue weighted by molar-refractivity contribution is 6.31. The van der Waals surface area contributed by atoms with Gasteiger partial charge in [0.25, 0.3) is 0 Å². The van der Waals surface area contributed by atoms with E-state index in [-0.39, 0.29) is 0 Å². The maximum absolute atomic E-state index is 5.94. The van der Waals surface area contributed by atoms with Crippen molar-refractivity contribution in [2.75, 3.05) is 18.4 Å². The Morgan fingerprint density at radius 2 is 2.33 bits per heavy atom. The number of fused-ring (bicyclic) bond motifs is 1. The maximum Gasteiger partial charge on any atom is 0.156 e. The highest BCUT2D eigenvalue weighted by Crippen LogP contribution is 2.25. The Kier molecular flexibility index (Phi) is 2.79. The molecule has 0 aliphatic heterocycles. The van der Waals surface area contributed by atoms with Crippen molar-refractivity contribution < 1.29 is 0 Å². The van der Waals surface area contributed by atoms with Crippen LogP contribution in [0.5, 0.6) is 0 Å². The molecular weight excluding hydrogens is 212 g/mol. The average Bonchev–Trinajstić information content (AvgIpc) is 2.52. The second-order valence-corrected chi connectivity index (χ2v) is 3.79. The van der Waals surface area contributed by atoms with Crippen LogP contribution < -0.4 is 11.1 Å². The summed E-state index contributed by atoms with van der Waals surface area (Å²) in [4.78, 5) is 0. The smallest absolute Gasteiger partial charge is 0.156 e. The van der Waals surface area contributed by atoms with Crippen molar-refractivity contribution in [3.8, 4) is 0 Å². The number of anilines is 1. The molecule has 15 heavy (non-hydrogen) atoms. The average molecular weight is 225 g/mol. The quantitative estimate of drug-likeness (QED) is 0.833. The number of hydrogen-bond acceptors (Lipinski definition) is 3. The zero-order chi connectivity index (χ0) is 10.8. The Labute approximate surface area is 93.0 Å². The molecule has 1 aromatic carbocycles. The van der Waals surface area contributed by atoms with Gasteiger partial charge < -0.3 is 11.1 Å². The number of nitrogens with two attached hydrogens (primary N) is 1. The van der Waals surface area contributed by atoms with E-state index < -0.39 is 0 Å². The van der Waals surface area contributed by atoms with E-state index in [4.69, 9.17) is 17.3 Å². The summed E-state index contributed by atoms with van der Waals surface area (Å²) >= 11 is 5.94. The van der Waals surface area contributed by atoms with Gasteiger partial charge in [-0.25, -0.2) is 0 Å². The normalized spacial score (nSPS) is 10.9. The predicted octanol–water partition coefficient (Wildman–Crippen LogP) is 1.60. The first-order valence-electron chi connectivity index (χ1n) is 4.78. The van der Waals surface area contributed by atoms with Crippen LogP contribution in [-0.2, 0) is 7.05 Å². The summed E-state index contributed by atoms with van der Waals surface area (Å²) in [6.07, 6.45) is 0. The molecule has 0 fully saturated rings. The maximum atomic E-state index is 5.94. The van der Waals surface area contributed by atoms with Gasteiger partial charge >= 0.3 is 0 Å². The van der Waals surface area contributed by atoms with E-state index in [1.54, 1.807) is 0 Å². The number of halogens is 1. The molecule has 5 heteroatoms. The molecule has 4 nitrogen and oxygen atoms in total. The summed E-state index contributed by atoms with van der Waals surface area (Å²) in [5.74, 6) is 0.834. The van der Waals surface area contributed by atoms with Gasteiger partial charge in [-0.1, -0.05) is 11.6 Å². The van der Waals surface area contributed by atoms with E-state index in [2.05, 4.69) is 10.4 Å². The summed E-state index contributed by atoms with van der Waals surface area (Å²) in [6.45, 7) is 1.29. The lowest BCUT2D eigenvalue weighted by atomic mass is 10.2. The van der Waals surface area contributed by atoms with Gasteiger partial charge in [-0.2, -0.15) is 5.10 Å². The Hall–Kier alpha value is -1.26. The molecule has 80 valence electrons. The Morgan fingerprint density at radius 3 is 3.07 bits per heavy atom. The van der Waals surface area contributed by atoms with Gasteiger partial charge in [0.2, 0.25) is 0 Å². The topological polar surface area (TPSA) is 55.9 Å². The first-order chi connectivity index (χ1) is 7.22. The van der Waals surface area contributed by atoms with E-state index in [9.17, 15) is 0 Å². The Balaban J connectivity index is 2.49. The molecule has 0 atom stereocenters. The molecule has 0 bridgehead atoms. The summed E-state index contributed by atoms with van der Waals surface area (Å²) in [5, 5.41) is 9.27. The molecule has 0 radical (unpaired) electrons. The molecule has 0 aliphatic carbocycles. The van der Waals surface area contributed by atoms with Crippen molar-refractivity contribution in [2.45, 2.75) is 0 Å². The molecule has 0 saturated carbocycles. The van der Waals surface area contributed by atoms with Crippen molar-refractivity contribution in [1.82, 2.24) is 9.78 Å². The standard InChI is InChI=1S/C10H13ClN4/c1-15-9-3-2-7(11)6-8(9)10(14-15)13-5-4-12/h2-3,6H,4-5,12H2,1H3,(H,13,14). The molecule has 2 aromatic rings. The van der Waals surface area contributed by atoms with E-state index in [0.29, 0.717) is 18.1 Å². The minimum Gasteiger partial charge on any atom is -0.367 e. The van der Waals surface area contributed by atoms with Crippen LogP contribution in [0.15, 0.2) is 18.2 Å². The molecule has 0 saturated heterocycles. The highest BCUT2D eigenvalue weighted by atomic mass is 35.5. The number of aryl methyl sites for hydroxylation is 1. The van der Waals surface area contributed by atoms with Crippen LogP contribution in [0.4, 0.5) is 5.82 Å². The van der Waals surface area contributed by atoms with Gasteiger partial charge in [-0.15, -0.1) is 0 Å². The third kappa shape index (κ3) is 1.91. The van der Waals surface area contributed by atoms with E-state index in [1.807, 2.05) is 29.9 Å². The van der Waals surface area contributed by atoms with Crippen molar-refractivity contribution in [2.24, 2.45) is 12.8 Å². The van der Waals surface area contributed by atoms with Gasteiger partial charge in [0.05, 0.1) is 5.52 Å². The number of aromatic nitrogens is 2. The first-order valence-corrected chi connectivity index (χ1v) is 5.16. The molecule has 0 unspecified atom stereocenters. The third-order valence-corrected chi connectivity index (χ3v) is 2.48. The number of nitrogens with zero attached hydrogens (tertiary/aromatic N) is 2. The van der Waals surface area contributed by atoms with Crippen molar-refractivity contribution >= 4 is 28.3 Å². The summed E-state index contributed by atoms with van der Waals surface area (Å²) in [5.41, 5.74) is 6.49. The number of hydrogen-bond donors (Lipinski definition) is 2. The molecule has 0 amide bonds. The van der Waals surface area contributed by atoms with Gasteiger partial charge in [0.15, 0.2) is 5.82 Å². The lowest BCUT2D eigenvalue weighted by Crippen LogP contribution is -2.13. The molecule has 1 heterocycles. The molecule has 0 aliphatic rings. The van der Waals surface area contributed by atoms with Gasteiger partial charge in [0, 0.05) is 30.5 Å². The number of rotatable bonds is 3. The van der Waals surface area contributed by atoms with Crippen molar-refractivity contribution in [1.29, 1.82) is 0 Å². The van der Waals surface area contributed by atoms with Crippen LogP contribution in [0.25, 0.3) is 10.9 Å². The highest BCUT2D eigenvalue weighted by Gasteiger charge is 2.07. The lowest BCUT2D eigenvalue weighted by Gasteiger charge is -1.99. The largest absolute Gasteiger partial charge is 0.367 e. The summed E-state index contributed by atoms with van der Waals surface area (Å²) in [7, 11) is 1.91. The zero-order valence-corrected chi connectivity index (χ0v) is 9.25. The molecule has 3 N–H and O–H groups in total. The molecule has 2 rings (SSSR count). The van der Waals surface area contributed by atoms with Crippen LogP contribution >= 0.6 is 11.6 Å². The fourth-order valence-electron chi connectivity index (χ4n) is 1.56. The molecule has 1 aromatic heterocycles. The van der Waals surface area contributed by atoms with Crippen LogP contribution in [0.1, 0.15) is 0 Å². The van der Waals surface area contributed by atoms with Crippen LogP contribution in [-0.4, -0.2) is 22.9 Å². The molecular formula is C10H13ClN4. The Bertz CT molecular complexity index is 477. The van der Waals surface area contributed by atoms with E-state index in [1.165, 1.54) is 0 Å². The monoisotopic (exact) mass is 224 g/mol. The number of nitrogens with one attached hydrogen (secondary N) is 1. The lowest BCUT2D eigenvalue weighted by molar-refractivity contribution is 0.796. The van der Waals surface area contributed by atoms with Crippen LogP contribution in [0.3, 0.4) is 0 Å². The van der Waals surface area contributed by atoms with Gasteiger partial charge in [-0.05, 0) is 18.2 Å². The second-order valence-electron chi connectivity index (χ2n) is 3.35. The van der Waals surface area contributed by atoms with E-state index in [0.717, 1.165) is 16.7 Å². The van der Waals surface area contributed by atoms with E-state index >= 15 is 0 Å². The van der Waals surface area contributed by atoms with Crippen molar-refractivity contribution in [3.63, 3.8) is 0 Å². The minimum atomic E-state index is 0.582. The minimum absolute atomic E-state index is 0.582. The fourth-order valence-corrected chi connectivity index (χ4v) is 1.73. The third-order valence-electron chi connectivity index (χ3n) is 2.25. The zero-order valence-electron chi connectivity index (χ0n) is 8.50. The molecule has 0 spiro atoms. The second kappa shape index (κ2) is 4.08. The first kappa shape index (κ1) is 10.3. The van der Waals surface area contributed by atoms with Crippen LogP contribution in [0.2, 0.25) is 5.02 Å². The predicted molar refractivity (Wildman–Crippen MR) is 63.3 cm³/mol. The summed E-state index contributed by atoms with van der Waals surface area (Å²) in [6, 6.07) is 5.72. The van der Waals surface area contributed by atoms with Crippen molar-refractivity contribution in [3.05, 3.63) is 23.2 Å². The summed E-state index contributed by atoms with van der Waals surface area (Å²) < 4.78 is 1.82. The van der Waals surface area contributed by atoms with Gasteiger partial charge in [0.1, 0.15) is 0 Å². The van der Waals surface area contributed by atoms with Gasteiger partial charge in [-0.3, -0.25) is 4.68 Å². The SMILES string of the molecule is Cn1nc(NCCN)c2cc(Cl)ccc21.